The van der Waals surface area contributed by atoms with Gasteiger partial charge in [0.05, 0.1) is 4.90 Å². The predicted octanol–water partition coefficient (Wildman–Crippen LogP) is 0.586. The van der Waals surface area contributed by atoms with Crippen LogP contribution in [0.25, 0.3) is 0 Å². The van der Waals surface area contributed by atoms with E-state index >= 15 is 0 Å². The molecule has 0 aromatic heterocycles. The van der Waals surface area contributed by atoms with E-state index < -0.39 is 10.1 Å². The molecule has 1 aromatic carbocycles. The van der Waals surface area contributed by atoms with Crippen LogP contribution in [0.5, 0.6) is 0 Å². The molecular formula is C8H7O4S. The van der Waals surface area contributed by atoms with Crippen LogP contribution in [0.1, 0.15) is 5.56 Å². The van der Waals surface area contributed by atoms with Gasteiger partial charge in [-0.15, -0.1) is 0 Å². The predicted molar refractivity (Wildman–Crippen MR) is 45.7 cm³/mol. The molecule has 13 heavy (non-hydrogen) atoms. The number of benzene rings is 1. The molecule has 5 heteroatoms. The fraction of sp³-hybridized carbons (Fsp3) is 0.125. The molecule has 1 N–H and O–H groups in total. The fourth-order valence-electron chi connectivity index (χ4n) is 0.979. The molecule has 0 amide bonds. The lowest BCUT2D eigenvalue weighted by Gasteiger charge is -2.01. The lowest BCUT2D eigenvalue weighted by molar-refractivity contribution is 0.482. The molecule has 4 nitrogen and oxygen atoms in total. The molecule has 1 radical (unpaired) electrons. The first-order valence-corrected chi connectivity index (χ1v) is 4.90. The van der Waals surface area contributed by atoms with Crippen molar-refractivity contribution in [1.82, 2.24) is 0 Å². The average Bonchev–Trinajstić information content (AvgIpc) is 2.04. The highest BCUT2D eigenvalue weighted by atomic mass is 32.2. The minimum Gasteiger partial charge on any atom is -0.291 e. The van der Waals surface area contributed by atoms with Gasteiger partial charge in [-0.3, -0.25) is 9.35 Å². The summed E-state index contributed by atoms with van der Waals surface area (Å²) in [5, 5.41) is 0. The van der Waals surface area contributed by atoms with Gasteiger partial charge in [-0.25, -0.2) is 0 Å². The van der Waals surface area contributed by atoms with Crippen LogP contribution in [-0.2, 0) is 21.3 Å². The monoisotopic (exact) mass is 199 g/mol. The number of hydrogen-bond donors (Lipinski definition) is 1. The van der Waals surface area contributed by atoms with Crippen molar-refractivity contribution >= 4 is 16.4 Å². The Morgan fingerprint density at radius 1 is 1.31 bits per heavy atom. The lowest BCUT2D eigenvalue weighted by atomic mass is 10.2. The van der Waals surface area contributed by atoms with E-state index in [0.29, 0.717) is 0 Å². The van der Waals surface area contributed by atoms with Crippen LogP contribution in [0, 0.1) is 0 Å². The summed E-state index contributed by atoms with van der Waals surface area (Å²) in [6, 6.07) is 5.74. The summed E-state index contributed by atoms with van der Waals surface area (Å²) in [6.07, 6.45) is 1.43. The average molecular weight is 199 g/mol. The van der Waals surface area contributed by atoms with E-state index in [4.69, 9.17) is 4.55 Å². The van der Waals surface area contributed by atoms with Crippen LogP contribution in [0.4, 0.5) is 0 Å². The highest BCUT2D eigenvalue weighted by Crippen LogP contribution is 2.14. The van der Waals surface area contributed by atoms with Gasteiger partial charge in [0.2, 0.25) is 6.29 Å². The highest BCUT2D eigenvalue weighted by Gasteiger charge is 2.13. The minimum atomic E-state index is -4.23. The van der Waals surface area contributed by atoms with Crippen molar-refractivity contribution in [3.63, 3.8) is 0 Å². The van der Waals surface area contributed by atoms with Crippen LogP contribution in [0.3, 0.4) is 0 Å². The van der Waals surface area contributed by atoms with Crippen molar-refractivity contribution < 1.29 is 17.8 Å². The van der Waals surface area contributed by atoms with Crippen LogP contribution in [0.2, 0.25) is 0 Å². The van der Waals surface area contributed by atoms with Gasteiger partial charge in [0.15, 0.2) is 0 Å². The number of rotatable bonds is 3. The van der Waals surface area contributed by atoms with E-state index in [2.05, 4.69) is 0 Å². The van der Waals surface area contributed by atoms with Gasteiger partial charge in [0.25, 0.3) is 10.1 Å². The molecule has 0 saturated heterocycles. The maximum absolute atomic E-state index is 10.8. The molecule has 0 spiro atoms. The molecule has 0 fully saturated rings. The Bertz CT molecular complexity index is 408. The molecule has 0 saturated carbocycles. The van der Waals surface area contributed by atoms with Crippen molar-refractivity contribution in [3.05, 3.63) is 29.8 Å². The second-order valence-corrected chi connectivity index (χ2v) is 3.79. The zero-order valence-electron chi connectivity index (χ0n) is 6.60. The highest BCUT2D eigenvalue weighted by molar-refractivity contribution is 7.85. The lowest BCUT2D eigenvalue weighted by Crippen LogP contribution is -2.03. The molecule has 1 rings (SSSR count). The summed E-state index contributed by atoms with van der Waals surface area (Å²) < 4.78 is 30.2. The zero-order valence-corrected chi connectivity index (χ0v) is 7.41. The summed E-state index contributed by atoms with van der Waals surface area (Å²) >= 11 is 0. The quantitative estimate of drug-likeness (QED) is 0.723. The molecular weight excluding hydrogens is 192 g/mol. The second-order valence-electron chi connectivity index (χ2n) is 2.40. The largest absolute Gasteiger partial charge is 0.294 e. The Morgan fingerprint density at radius 3 is 2.46 bits per heavy atom. The Labute approximate surface area is 76.0 Å². The first-order valence-electron chi connectivity index (χ1n) is 3.46. The molecule has 1 aromatic rings. The first kappa shape index (κ1) is 9.88. The summed E-state index contributed by atoms with van der Waals surface area (Å²) in [4.78, 5) is 9.81. The van der Waals surface area contributed by atoms with E-state index in [1.54, 1.807) is 12.4 Å². The third-order valence-corrected chi connectivity index (χ3v) is 2.47. The van der Waals surface area contributed by atoms with E-state index in [9.17, 15) is 13.2 Å². The van der Waals surface area contributed by atoms with Gasteiger partial charge < -0.3 is 0 Å². The van der Waals surface area contributed by atoms with Crippen LogP contribution >= 0.6 is 0 Å². The van der Waals surface area contributed by atoms with Gasteiger partial charge in [-0.1, -0.05) is 18.2 Å². The molecule has 0 heterocycles. The van der Waals surface area contributed by atoms with Crippen LogP contribution in [0.15, 0.2) is 29.2 Å². The van der Waals surface area contributed by atoms with Crippen molar-refractivity contribution in [2.75, 3.05) is 0 Å². The zero-order chi connectivity index (χ0) is 9.90. The smallest absolute Gasteiger partial charge is 0.291 e. The van der Waals surface area contributed by atoms with E-state index in [1.165, 1.54) is 18.2 Å². The third-order valence-electron chi connectivity index (χ3n) is 1.51. The topological polar surface area (TPSA) is 71.4 Å². The third kappa shape index (κ3) is 2.37. The van der Waals surface area contributed by atoms with E-state index in [1.807, 2.05) is 0 Å². The number of hydrogen-bond acceptors (Lipinski definition) is 3. The molecule has 0 aliphatic heterocycles. The van der Waals surface area contributed by atoms with Crippen molar-refractivity contribution in [3.8, 4) is 0 Å². The Kier molecular flexibility index (Phi) is 2.79. The normalized spacial score (nSPS) is 11.2. The Hall–Kier alpha value is -1.20. The molecule has 0 aliphatic rings. The van der Waals surface area contributed by atoms with Gasteiger partial charge in [-0.05, 0) is 11.6 Å². The maximum atomic E-state index is 10.8. The van der Waals surface area contributed by atoms with Crippen molar-refractivity contribution in [2.24, 2.45) is 0 Å². The summed E-state index contributed by atoms with van der Waals surface area (Å²) in [7, 11) is -4.23. The fourth-order valence-corrected chi connectivity index (χ4v) is 1.70. The maximum Gasteiger partial charge on any atom is 0.294 e. The summed E-state index contributed by atoms with van der Waals surface area (Å²) in [5.41, 5.74) is 0.250. The van der Waals surface area contributed by atoms with Crippen LogP contribution < -0.4 is 0 Å². The summed E-state index contributed by atoms with van der Waals surface area (Å²) in [5.74, 6) is 0. The second kappa shape index (κ2) is 3.68. The molecule has 69 valence electrons. The standard InChI is InChI=1S/C8H7O4S/c9-6-5-7-3-1-2-4-8(7)13(10,11)12/h1-4H,5H2,(H,10,11,12). The molecule has 0 atom stereocenters. The summed E-state index contributed by atoms with van der Waals surface area (Å²) in [6.45, 7) is 0. The molecule has 0 unspecified atom stereocenters. The molecule has 0 aliphatic carbocycles. The van der Waals surface area contributed by atoms with Gasteiger partial charge in [-0.2, -0.15) is 8.42 Å². The van der Waals surface area contributed by atoms with Crippen molar-refractivity contribution in [2.45, 2.75) is 11.3 Å². The van der Waals surface area contributed by atoms with Crippen molar-refractivity contribution in [1.29, 1.82) is 0 Å². The minimum absolute atomic E-state index is 0.143. The Balaban J connectivity index is 3.28. The van der Waals surface area contributed by atoms with Crippen LogP contribution in [-0.4, -0.2) is 19.3 Å². The Morgan fingerprint density at radius 2 is 1.92 bits per heavy atom. The first-order chi connectivity index (χ1) is 6.05. The van der Waals surface area contributed by atoms with Gasteiger partial charge >= 0.3 is 0 Å². The van der Waals surface area contributed by atoms with Gasteiger partial charge in [0, 0.05) is 6.42 Å². The molecule has 0 bridgehead atoms. The number of carbonyl (C=O) groups excluding carboxylic acids is 1. The van der Waals surface area contributed by atoms with Gasteiger partial charge in [0.1, 0.15) is 0 Å². The van der Waals surface area contributed by atoms with E-state index in [-0.39, 0.29) is 16.9 Å². The SMILES string of the molecule is O=[C]Cc1ccccc1S(=O)(=O)O. The van der Waals surface area contributed by atoms with E-state index in [0.717, 1.165) is 0 Å².